The van der Waals surface area contributed by atoms with Crippen LogP contribution in [0.25, 0.3) is 16.8 Å². The number of imidazole rings is 1. The van der Waals surface area contributed by atoms with Crippen molar-refractivity contribution in [2.45, 2.75) is 0 Å². The highest BCUT2D eigenvalue weighted by atomic mass is 32.1. The minimum Gasteiger partial charge on any atom is -0.273 e. The molecular weight excluding hydrogens is 186 g/mol. The summed E-state index contributed by atoms with van der Waals surface area (Å²) in [6, 6.07) is 1.85. The molecule has 0 fully saturated rings. The minimum absolute atomic E-state index is 0.602. The van der Waals surface area contributed by atoms with Crippen LogP contribution in [-0.2, 0) is 0 Å². The molecule has 0 aliphatic heterocycles. The smallest absolute Gasteiger partial charge is 0.229 e. The van der Waals surface area contributed by atoms with Gasteiger partial charge in [-0.15, -0.1) is 0 Å². The highest BCUT2D eigenvalue weighted by Gasteiger charge is 2.05. The normalized spacial score (nSPS) is 11.4. The van der Waals surface area contributed by atoms with Gasteiger partial charge in [-0.3, -0.25) is 19.6 Å². The van der Waals surface area contributed by atoms with Gasteiger partial charge in [-0.25, -0.2) is 4.98 Å². The molecule has 0 aliphatic carbocycles. The number of pyridine rings is 1. The summed E-state index contributed by atoms with van der Waals surface area (Å²) in [7, 11) is 0. The SMILES string of the molecule is S=c1[nH][nH]c2nc3ccncc3n12. The molecular formula is C7H5N5S. The van der Waals surface area contributed by atoms with E-state index in [-0.39, 0.29) is 0 Å². The first kappa shape index (κ1) is 6.79. The number of hydrogen-bond donors (Lipinski definition) is 2. The zero-order valence-corrected chi connectivity index (χ0v) is 7.30. The van der Waals surface area contributed by atoms with Gasteiger partial charge >= 0.3 is 0 Å². The Morgan fingerprint density at radius 2 is 2.31 bits per heavy atom. The van der Waals surface area contributed by atoms with Crippen molar-refractivity contribution in [1.82, 2.24) is 24.6 Å². The number of nitrogens with zero attached hydrogens (tertiary/aromatic N) is 3. The molecule has 3 heterocycles. The summed E-state index contributed by atoms with van der Waals surface area (Å²) in [6.45, 7) is 0. The van der Waals surface area contributed by atoms with Crippen LogP contribution < -0.4 is 0 Å². The number of H-pyrrole nitrogens is 2. The number of fused-ring (bicyclic) bond motifs is 3. The minimum atomic E-state index is 0.602. The van der Waals surface area contributed by atoms with Crippen molar-refractivity contribution in [2.24, 2.45) is 0 Å². The highest BCUT2D eigenvalue weighted by molar-refractivity contribution is 7.71. The van der Waals surface area contributed by atoms with Crippen LogP contribution >= 0.6 is 12.2 Å². The molecule has 0 spiro atoms. The zero-order valence-electron chi connectivity index (χ0n) is 6.48. The first-order valence-corrected chi connectivity index (χ1v) is 4.16. The Kier molecular flexibility index (Phi) is 1.13. The predicted molar refractivity (Wildman–Crippen MR) is 50.0 cm³/mol. The monoisotopic (exact) mass is 191 g/mol. The largest absolute Gasteiger partial charge is 0.273 e. The Balaban J connectivity index is 2.75. The fourth-order valence-corrected chi connectivity index (χ4v) is 1.61. The molecule has 0 aliphatic rings. The highest BCUT2D eigenvalue weighted by Crippen LogP contribution is 2.12. The van der Waals surface area contributed by atoms with E-state index in [0.717, 1.165) is 11.0 Å². The zero-order chi connectivity index (χ0) is 8.84. The number of nitrogens with one attached hydrogen (secondary N) is 2. The molecule has 5 nitrogen and oxygen atoms in total. The number of aromatic amines is 2. The summed E-state index contributed by atoms with van der Waals surface area (Å²) >= 11 is 5.08. The standard InChI is InChI=1S/C7H5N5S/c13-7-11-10-6-9-4-1-2-8-3-5(4)12(6)7/h1-3H,(H,9,10)(H,11,13). The van der Waals surface area contributed by atoms with Crippen molar-refractivity contribution in [3.05, 3.63) is 23.2 Å². The van der Waals surface area contributed by atoms with Crippen LogP contribution in [0.4, 0.5) is 0 Å². The molecule has 0 bridgehead atoms. The fourth-order valence-electron chi connectivity index (χ4n) is 1.38. The Morgan fingerprint density at radius 3 is 3.23 bits per heavy atom. The average Bonchev–Trinajstić information content (AvgIpc) is 2.66. The van der Waals surface area contributed by atoms with Crippen LogP contribution in [0.1, 0.15) is 0 Å². The summed E-state index contributed by atoms with van der Waals surface area (Å²) in [4.78, 5) is 8.33. The van der Waals surface area contributed by atoms with Crippen molar-refractivity contribution in [1.29, 1.82) is 0 Å². The first-order valence-electron chi connectivity index (χ1n) is 3.75. The Morgan fingerprint density at radius 1 is 1.38 bits per heavy atom. The lowest BCUT2D eigenvalue weighted by molar-refractivity contribution is 1.08. The molecule has 0 radical (unpaired) electrons. The number of rotatable bonds is 0. The van der Waals surface area contributed by atoms with E-state index in [1.807, 2.05) is 10.5 Å². The molecule has 0 atom stereocenters. The number of aromatic nitrogens is 5. The summed E-state index contributed by atoms with van der Waals surface area (Å²) in [5.41, 5.74) is 1.81. The second-order valence-corrected chi connectivity index (χ2v) is 3.08. The maximum Gasteiger partial charge on any atom is 0.229 e. The van der Waals surface area contributed by atoms with Crippen molar-refractivity contribution in [3.63, 3.8) is 0 Å². The predicted octanol–water partition coefficient (Wildman–Crippen LogP) is 1.27. The molecule has 2 N–H and O–H groups in total. The second kappa shape index (κ2) is 2.17. The van der Waals surface area contributed by atoms with Crippen LogP contribution in [-0.4, -0.2) is 24.6 Å². The molecule has 0 saturated carbocycles. The molecule has 0 unspecified atom stereocenters. The maximum absolute atomic E-state index is 5.08. The molecule has 0 amide bonds. The summed E-state index contributed by atoms with van der Waals surface area (Å²) < 4.78 is 2.42. The molecule has 3 rings (SSSR count). The van der Waals surface area contributed by atoms with Crippen LogP contribution in [0.15, 0.2) is 18.5 Å². The van der Waals surface area contributed by atoms with Crippen molar-refractivity contribution < 1.29 is 0 Å². The van der Waals surface area contributed by atoms with Gasteiger partial charge in [-0.1, -0.05) is 0 Å². The molecule has 13 heavy (non-hydrogen) atoms. The van der Waals surface area contributed by atoms with Crippen LogP contribution in [0.2, 0.25) is 0 Å². The van der Waals surface area contributed by atoms with Gasteiger partial charge < -0.3 is 0 Å². The van der Waals surface area contributed by atoms with Gasteiger partial charge in [0.05, 0.1) is 17.2 Å². The summed E-state index contributed by atoms with van der Waals surface area (Å²) in [5, 5.41) is 5.68. The van der Waals surface area contributed by atoms with Gasteiger partial charge in [0.1, 0.15) is 0 Å². The lowest BCUT2D eigenvalue weighted by Gasteiger charge is -1.85. The van der Waals surface area contributed by atoms with E-state index in [1.165, 1.54) is 0 Å². The Labute approximate surface area is 77.4 Å². The third-order valence-electron chi connectivity index (χ3n) is 1.94. The maximum atomic E-state index is 5.08. The van der Waals surface area contributed by atoms with E-state index in [9.17, 15) is 0 Å². The third kappa shape index (κ3) is 0.775. The van der Waals surface area contributed by atoms with Crippen molar-refractivity contribution in [2.75, 3.05) is 0 Å². The second-order valence-electron chi connectivity index (χ2n) is 2.69. The van der Waals surface area contributed by atoms with Gasteiger partial charge in [0.2, 0.25) is 5.78 Å². The molecule has 0 saturated heterocycles. The molecule has 64 valence electrons. The van der Waals surface area contributed by atoms with E-state index < -0.39 is 0 Å². The van der Waals surface area contributed by atoms with Gasteiger partial charge in [0.15, 0.2) is 4.77 Å². The summed E-state index contributed by atoms with van der Waals surface area (Å²) in [6.07, 6.45) is 3.45. The van der Waals surface area contributed by atoms with Crippen LogP contribution in [0.5, 0.6) is 0 Å². The van der Waals surface area contributed by atoms with Crippen LogP contribution in [0, 0.1) is 4.77 Å². The molecule has 3 aromatic heterocycles. The molecule has 3 aromatic rings. The number of hydrogen-bond acceptors (Lipinski definition) is 3. The lowest BCUT2D eigenvalue weighted by atomic mass is 10.4. The van der Waals surface area contributed by atoms with Gasteiger partial charge in [0, 0.05) is 6.20 Å². The van der Waals surface area contributed by atoms with Crippen molar-refractivity contribution >= 4 is 29.0 Å². The Bertz CT molecular complexity index is 631. The quantitative estimate of drug-likeness (QED) is 0.526. The lowest BCUT2D eigenvalue weighted by Crippen LogP contribution is -1.80. The van der Waals surface area contributed by atoms with Gasteiger partial charge in [-0.2, -0.15) is 0 Å². The van der Waals surface area contributed by atoms with E-state index in [4.69, 9.17) is 12.2 Å². The van der Waals surface area contributed by atoms with E-state index in [0.29, 0.717) is 10.5 Å². The summed E-state index contributed by atoms with van der Waals surface area (Å²) in [5.74, 6) is 0.716. The van der Waals surface area contributed by atoms with E-state index in [1.54, 1.807) is 12.4 Å². The molecule has 0 aromatic carbocycles. The first-order chi connectivity index (χ1) is 6.36. The fraction of sp³-hybridized carbons (Fsp3) is 0. The Hall–Kier alpha value is -1.69. The van der Waals surface area contributed by atoms with E-state index in [2.05, 4.69) is 20.2 Å². The molecule has 6 heteroatoms. The van der Waals surface area contributed by atoms with E-state index >= 15 is 0 Å². The van der Waals surface area contributed by atoms with Gasteiger partial charge in [-0.05, 0) is 18.3 Å². The van der Waals surface area contributed by atoms with Gasteiger partial charge in [0.25, 0.3) is 0 Å². The topological polar surface area (TPSA) is 61.8 Å². The van der Waals surface area contributed by atoms with Crippen LogP contribution in [0.3, 0.4) is 0 Å². The third-order valence-corrected chi connectivity index (χ3v) is 2.23. The average molecular weight is 191 g/mol. The van der Waals surface area contributed by atoms with Crippen molar-refractivity contribution in [3.8, 4) is 0 Å².